The van der Waals surface area contributed by atoms with E-state index in [-0.39, 0.29) is 17.4 Å². The SMILES string of the molecule is CCc1c(-c2ccc(O)cc2)n(C(C)(C)c2ccc(OC(C)C(C)N3C(C)CCCCC3(C)C)cc2C)c2cc(C)c(OC)cc12. The number of fused-ring (bicyclic) bond motifs is 1. The molecule has 1 fully saturated rings. The zero-order valence-corrected chi connectivity index (χ0v) is 30.1. The van der Waals surface area contributed by atoms with Crippen molar-refractivity contribution in [2.75, 3.05) is 7.11 Å². The molecule has 5 heteroatoms. The van der Waals surface area contributed by atoms with E-state index in [1.807, 2.05) is 12.1 Å². The Morgan fingerprint density at radius 3 is 2.30 bits per heavy atom. The van der Waals surface area contributed by atoms with Crippen LogP contribution in [0.2, 0.25) is 0 Å². The Kier molecular flexibility index (Phi) is 9.57. The first kappa shape index (κ1) is 33.9. The highest BCUT2D eigenvalue weighted by atomic mass is 16.5. The summed E-state index contributed by atoms with van der Waals surface area (Å²) in [6, 6.07) is 19.5. The van der Waals surface area contributed by atoms with Gasteiger partial charge in [-0.15, -0.1) is 0 Å². The lowest BCUT2D eigenvalue weighted by Crippen LogP contribution is -2.56. The second-order valence-electron chi connectivity index (χ2n) is 14.8. The number of methoxy groups -OCH3 is 1. The summed E-state index contributed by atoms with van der Waals surface area (Å²) >= 11 is 0. The lowest BCUT2D eigenvalue weighted by molar-refractivity contribution is -0.00893. The quantitative estimate of drug-likeness (QED) is 0.201. The number of aromatic hydroxyl groups is 1. The number of likely N-dealkylation sites (tertiary alicyclic amines) is 1. The summed E-state index contributed by atoms with van der Waals surface area (Å²) in [4.78, 5) is 2.71. The van der Waals surface area contributed by atoms with Crippen molar-refractivity contribution in [3.63, 3.8) is 0 Å². The summed E-state index contributed by atoms with van der Waals surface area (Å²) in [6.45, 7) is 22.9. The van der Waals surface area contributed by atoms with Gasteiger partial charge in [-0.25, -0.2) is 0 Å². The Morgan fingerprint density at radius 1 is 0.978 bits per heavy atom. The highest BCUT2D eigenvalue weighted by Crippen LogP contribution is 2.44. The van der Waals surface area contributed by atoms with Crippen LogP contribution in [0.15, 0.2) is 54.6 Å². The lowest BCUT2D eigenvalue weighted by atomic mass is 9.89. The van der Waals surface area contributed by atoms with Crippen molar-refractivity contribution in [3.8, 4) is 28.5 Å². The van der Waals surface area contributed by atoms with E-state index in [1.54, 1.807) is 19.2 Å². The summed E-state index contributed by atoms with van der Waals surface area (Å²) in [5, 5.41) is 11.3. The molecule has 0 amide bonds. The molecule has 2 heterocycles. The van der Waals surface area contributed by atoms with Gasteiger partial charge < -0.3 is 19.1 Å². The molecule has 1 saturated heterocycles. The van der Waals surface area contributed by atoms with Gasteiger partial charge in [0.15, 0.2) is 0 Å². The smallest absolute Gasteiger partial charge is 0.122 e. The van der Waals surface area contributed by atoms with Crippen LogP contribution in [0.25, 0.3) is 22.2 Å². The van der Waals surface area contributed by atoms with Gasteiger partial charge >= 0.3 is 0 Å². The molecular weight excluding hydrogens is 568 g/mol. The maximum atomic E-state index is 10.1. The van der Waals surface area contributed by atoms with Crippen LogP contribution in [-0.4, -0.2) is 45.4 Å². The van der Waals surface area contributed by atoms with E-state index in [0.29, 0.717) is 12.1 Å². The Bertz CT molecular complexity index is 1680. The van der Waals surface area contributed by atoms with Gasteiger partial charge in [-0.2, -0.15) is 0 Å². The molecule has 1 aliphatic rings. The number of rotatable bonds is 9. The van der Waals surface area contributed by atoms with Gasteiger partial charge in [0.05, 0.1) is 23.9 Å². The fourth-order valence-electron chi connectivity index (χ4n) is 8.43. The summed E-state index contributed by atoms with van der Waals surface area (Å²) in [7, 11) is 1.74. The van der Waals surface area contributed by atoms with E-state index >= 15 is 0 Å². The van der Waals surface area contributed by atoms with Crippen LogP contribution >= 0.6 is 0 Å². The molecule has 5 rings (SSSR count). The topological polar surface area (TPSA) is 46.9 Å². The van der Waals surface area contributed by atoms with E-state index in [4.69, 9.17) is 9.47 Å². The summed E-state index contributed by atoms with van der Waals surface area (Å²) < 4.78 is 15.0. The van der Waals surface area contributed by atoms with E-state index in [0.717, 1.165) is 29.0 Å². The molecule has 3 aromatic carbocycles. The van der Waals surface area contributed by atoms with Crippen molar-refractivity contribution in [2.24, 2.45) is 0 Å². The van der Waals surface area contributed by atoms with Crippen molar-refractivity contribution >= 4 is 10.9 Å². The Labute approximate surface area is 277 Å². The molecule has 0 saturated carbocycles. The molecule has 0 bridgehead atoms. The number of hydrogen-bond acceptors (Lipinski definition) is 4. The summed E-state index contributed by atoms with van der Waals surface area (Å²) in [5.41, 5.74) is 8.03. The van der Waals surface area contributed by atoms with E-state index in [9.17, 15) is 5.11 Å². The van der Waals surface area contributed by atoms with Crippen molar-refractivity contribution in [3.05, 3.63) is 76.9 Å². The van der Waals surface area contributed by atoms with Gasteiger partial charge in [0, 0.05) is 23.0 Å². The maximum absolute atomic E-state index is 10.1. The summed E-state index contributed by atoms with van der Waals surface area (Å²) in [5.74, 6) is 2.08. The van der Waals surface area contributed by atoms with E-state index in [2.05, 4.69) is 109 Å². The van der Waals surface area contributed by atoms with Crippen LogP contribution < -0.4 is 9.47 Å². The van der Waals surface area contributed by atoms with Gasteiger partial charge in [-0.05, 0) is 158 Å². The normalized spacial score (nSPS) is 18.7. The number of hydrogen-bond donors (Lipinski definition) is 1. The monoisotopic (exact) mass is 624 g/mol. The summed E-state index contributed by atoms with van der Waals surface area (Å²) in [6.07, 6.45) is 6.00. The molecule has 0 radical (unpaired) electrons. The number of nitrogens with zero attached hydrogens (tertiary/aromatic N) is 2. The molecule has 0 spiro atoms. The lowest BCUT2D eigenvalue weighted by Gasteiger charge is -2.46. The predicted molar refractivity (Wildman–Crippen MR) is 193 cm³/mol. The van der Waals surface area contributed by atoms with Gasteiger partial charge in [-0.3, -0.25) is 4.90 Å². The third kappa shape index (κ3) is 6.15. The van der Waals surface area contributed by atoms with Crippen molar-refractivity contribution in [2.45, 2.75) is 131 Å². The number of phenolic OH excluding ortho intramolecular Hbond substituents is 1. The van der Waals surface area contributed by atoms with Gasteiger partial charge in [-0.1, -0.05) is 25.8 Å². The number of phenols is 1. The van der Waals surface area contributed by atoms with E-state index in [1.165, 1.54) is 59.0 Å². The molecule has 1 N–H and O–H groups in total. The van der Waals surface area contributed by atoms with Crippen LogP contribution in [0, 0.1) is 13.8 Å². The van der Waals surface area contributed by atoms with Gasteiger partial charge in [0.25, 0.3) is 0 Å². The Balaban J connectivity index is 1.56. The van der Waals surface area contributed by atoms with Crippen molar-refractivity contribution < 1.29 is 14.6 Å². The molecule has 4 aromatic rings. The molecule has 1 aromatic heterocycles. The van der Waals surface area contributed by atoms with Crippen LogP contribution in [0.3, 0.4) is 0 Å². The number of aromatic nitrogens is 1. The maximum Gasteiger partial charge on any atom is 0.122 e. The first-order valence-corrected chi connectivity index (χ1v) is 17.3. The number of ether oxygens (including phenoxy) is 2. The molecule has 3 unspecified atom stereocenters. The predicted octanol–water partition coefficient (Wildman–Crippen LogP) is 10.2. The first-order chi connectivity index (χ1) is 21.7. The zero-order valence-electron chi connectivity index (χ0n) is 30.1. The molecule has 1 aliphatic heterocycles. The molecule has 5 nitrogen and oxygen atoms in total. The third-order valence-electron chi connectivity index (χ3n) is 10.8. The van der Waals surface area contributed by atoms with Crippen molar-refractivity contribution in [1.82, 2.24) is 9.47 Å². The largest absolute Gasteiger partial charge is 0.508 e. The Morgan fingerprint density at radius 2 is 1.67 bits per heavy atom. The standard InChI is InChI=1S/C41H56N2O3/c1-12-34-35-25-38(45-11)27(3)24-37(35)43(39(34)31-16-18-32(44)19-17-31)41(9,10)36-21-20-33(23-26(36)2)46-30(6)29(5)42-28(4)15-13-14-22-40(42,7)8/h16-21,23-25,28-30,44H,12-15,22H2,1-11H3. The first-order valence-electron chi connectivity index (χ1n) is 17.3. The third-order valence-corrected chi connectivity index (χ3v) is 10.8. The number of benzene rings is 3. The van der Waals surface area contributed by atoms with Gasteiger partial charge in [0.2, 0.25) is 0 Å². The molecule has 46 heavy (non-hydrogen) atoms. The second-order valence-corrected chi connectivity index (χ2v) is 14.8. The average molecular weight is 625 g/mol. The highest BCUT2D eigenvalue weighted by Gasteiger charge is 2.38. The van der Waals surface area contributed by atoms with Crippen LogP contribution in [0.1, 0.15) is 103 Å². The fraction of sp³-hybridized carbons (Fsp3) is 0.512. The molecule has 248 valence electrons. The molecule has 3 atom stereocenters. The highest BCUT2D eigenvalue weighted by molar-refractivity contribution is 5.94. The van der Waals surface area contributed by atoms with E-state index < -0.39 is 5.54 Å². The molecule has 0 aliphatic carbocycles. The second kappa shape index (κ2) is 13.0. The van der Waals surface area contributed by atoms with Gasteiger partial charge in [0.1, 0.15) is 23.4 Å². The van der Waals surface area contributed by atoms with Crippen LogP contribution in [0.4, 0.5) is 0 Å². The van der Waals surface area contributed by atoms with Crippen LogP contribution in [0.5, 0.6) is 17.2 Å². The minimum Gasteiger partial charge on any atom is -0.508 e. The molecular formula is C41H56N2O3. The zero-order chi connectivity index (χ0) is 33.6. The average Bonchev–Trinajstić information content (AvgIpc) is 3.24. The number of aryl methyl sites for hydroxylation is 3. The minimum atomic E-state index is -0.396. The minimum absolute atomic E-state index is 0.0534. The van der Waals surface area contributed by atoms with Crippen LogP contribution in [-0.2, 0) is 12.0 Å². The Hall–Kier alpha value is -3.44. The van der Waals surface area contributed by atoms with Crippen molar-refractivity contribution in [1.29, 1.82) is 0 Å². The fourth-order valence-corrected chi connectivity index (χ4v) is 8.43.